The molecule has 0 spiro atoms. The highest BCUT2D eigenvalue weighted by Crippen LogP contribution is 2.11. The molecule has 4 heteroatoms. The van der Waals surface area contributed by atoms with E-state index < -0.39 is 0 Å². The van der Waals surface area contributed by atoms with Crippen LogP contribution in [0.5, 0.6) is 0 Å². The van der Waals surface area contributed by atoms with Crippen LogP contribution in [0.1, 0.15) is 45.4 Å². The van der Waals surface area contributed by atoms with Crippen molar-refractivity contribution in [3.8, 4) is 0 Å². The molecule has 116 valence electrons. The van der Waals surface area contributed by atoms with Crippen LogP contribution in [0.15, 0.2) is 0 Å². The summed E-state index contributed by atoms with van der Waals surface area (Å²) in [5, 5.41) is 0. The average Bonchev–Trinajstić information content (AvgIpc) is 2.43. The lowest BCUT2D eigenvalue weighted by atomic mass is 10.1. The average molecular weight is 274 g/mol. The van der Waals surface area contributed by atoms with Crippen LogP contribution in [0, 0.1) is 0 Å². The molecule has 0 amide bonds. The van der Waals surface area contributed by atoms with Gasteiger partial charge in [-0.1, -0.05) is 32.6 Å². The van der Waals surface area contributed by atoms with E-state index in [4.69, 9.17) is 15.2 Å². The van der Waals surface area contributed by atoms with Crippen molar-refractivity contribution >= 4 is 0 Å². The van der Waals surface area contributed by atoms with E-state index in [0.29, 0.717) is 6.04 Å². The third-order valence-corrected chi connectivity index (χ3v) is 3.56. The summed E-state index contributed by atoms with van der Waals surface area (Å²) in [7, 11) is 3.51. The van der Waals surface area contributed by atoms with Crippen LogP contribution >= 0.6 is 0 Å². The van der Waals surface area contributed by atoms with Crippen LogP contribution in [0.4, 0.5) is 0 Å². The highest BCUT2D eigenvalue weighted by atomic mass is 16.5. The van der Waals surface area contributed by atoms with E-state index in [-0.39, 0.29) is 0 Å². The molecule has 0 aromatic heterocycles. The molecule has 0 aromatic carbocycles. The van der Waals surface area contributed by atoms with Gasteiger partial charge in [0.15, 0.2) is 0 Å². The fourth-order valence-corrected chi connectivity index (χ4v) is 2.35. The molecule has 2 N–H and O–H groups in total. The summed E-state index contributed by atoms with van der Waals surface area (Å²) in [5.41, 5.74) is 5.95. The van der Waals surface area contributed by atoms with Crippen molar-refractivity contribution in [2.75, 3.05) is 47.1 Å². The zero-order valence-corrected chi connectivity index (χ0v) is 13.2. The molecule has 0 saturated heterocycles. The number of nitrogens with zero attached hydrogens (tertiary/aromatic N) is 1. The number of rotatable bonds is 14. The number of nitrogens with two attached hydrogens (primary N) is 1. The molecule has 0 saturated carbocycles. The maximum absolute atomic E-state index is 5.95. The van der Waals surface area contributed by atoms with E-state index in [2.05, 4.69) is 11.8 Å². The van der Waals surface area contributed by atoms with Crippen molar-refractivity contribution in [1.82, 2.24) is 4.90 Å². The van der Waals surface area contributed by atoms with Crippen LogP contribution < -0.4 is 5.73 Å². The fourth-order valence-electron chi connectivity index (χ4n) is 2.35. The Hall–Kier alpha value is -0.160. The van der Waals surface area contributed by atoms with Crippen molar-refractivity contribution in [1.29, 1.82) is 0 Å². The number of hydrogen-bond donors (Lipinski definition) is 1. The fraction of sp³-hybridized carbons (Fsp3) is 1.00. The highest BCUT2D eigenvalue weighted by molar-refractivity contribution is 4.73. The monoisotopic (exact) mass is 274 g/mol. The van der Waals surface area contributed by atoms with Gasteiger partial charge in [0, 0.05) is 46.5 Å². The summed E-state index contributed by atoms with van der Waals surface area (Å²) in [5.74, 6) is 0. The molecule has 19 heavy (non-hydrogen) atoms. The SMILES string of the molecule is CCCCCCC(CN)N(CCCOC)CCOC. The van der Waals surface area contributed by atoms with Gasteiger partial charge in [-0.2, -0.15) is 0 Å². The van der Waals surface area contributed by atoms with Crippen LogP contribution in [0.25, 0.3) is 0 Å². The van der Waals surface area contributed by atoms with Crippen molar-refractivity contribution < 1.29 is 9.47 Å². The molecular formula is C15H34N2O2. The van der Waals surface area contributed by atoms with Crippen LogP contribution in [0.2, 0.25) is 0 Å². The molecular weight excluding hydrogens is 240 g/mol. The van der Waals surface area contributed by atoms with E-state index in [1.54, 1.807) is 14.2 Å². The predicted octanol–water partition coefficient (Wildman–Crippen LogP) is 2.27. The van der Waals surface area contributed by atoms with E-state index in [1.165, 1.54) is 32.1 Å². The highest BCUT2D eigenvalue weighted by Gasteiger charge is 2.16. The molecule has 0 bridgehead atoms. The minimum absolute atomic E-state index is 0.490. The van der Waals surface area contributed by atoms with Gasteiger partial charge >= 0.3 is 0 Å². The second-order valence-corrected chi connectivity index (χ2v) is 5.11. The Morgan fingerprint density at radius 3 is 2.26 bits per heavy atom. The van der Waals surface area contributed by atoms with Crippen LogP contribution in [0.3, 0.4) is 0 Å². The Morgan fingerprint density at radius 2 is 1.68 bits per heavy atom. The van der Waals surface area contributed by atoms with Crippen molar-refractivity contribution in [3.05, 3.63) is 0 Å². The van der Waals surface area contributed by atoms with Gasteiger partial charge in [0.25, 0.3) is 0 Å². The molecule has 4 nitrogen and oxygen atoms in total. The second kappa shape index (κ2) is 14.3. The smallest absolute Gasteiger partial charge is 0.0589 e. The molecule has 1 atom stereocenters. The molecule has 0 aliphatic rings. The summed E-state index contributed by atoms with van der Waals surface area (Å²) in [6, 6.07) is 0.490. The lowest BCUT2D eigenvalue weighted by Crippen LogP contribution is -2.43. The van der Waals surface area contributed by atoms with E-state index in [1.807, 2.05) is 0 Å². The number of ether oxygens (including phenoxy) is 2. The third-order valence-electron chi connectivity index (χ3n) is 3.56. The molecule has 0 radical (unpaired) electrons. The predicted molar refractivity (Wildman–Crippen MR) is 81.5 cm³/mol. The Labute approximate surface area is 119 Å². The van der Waals surface area contributed by atoms with Gasteiger partial charge in [-0.15, -0.1) is 0 Å². The van der Waals surface area contributed by atoms with Crippen molar-refractivity contribution in [3.63, 3.8) is 0 Å². The zero-order valence-electron chi connectivity index (χ0n) is 13.2. The van der Waals surface area contributed by atoms with Gasteiger partial charge < -0.3 is 15.2 Å². The van der Waals surface area contributed by atoms with Crippen LogP contribution in [-0.2, 0) is 9.47 Å². The molecule has 0 heterocycles. The van der Waals surface area contributed by atoms with Gasteiger partial charge in [0.1, 0.15) is 0 Å². The van der Waals surface area contributed by atoms with Crippen LogP contribution in [-0.4, -0.2) is 58.0 Å². The quantitative estimate of drug-likeness (QED) is 0.494. The maximum Gasteiger partial charge on any atom is 0.0589 e. The van der Waals surface area contributed by atoms with E-state index >= 15 is 0 Å². The number of hydrogen-bond acceptors (Lipinski definition) is 4. The molecule has 0 aliphatic carbocycles. The molecule has 0 aliphatic heterocycles. The lowest BCUT2D eigenvalue weighted by Gasteiger charge is -2.30. The summed E-state index contributed by atoms with van der Waals surface area (Å²) in [6.45, 7) is 6.59. The summed E-state index contributed by atoms with van der Waals surface area (Å²) >= 11 is 0. The van der Waals surface area contributed by atoms with Gasteiger partial charge in [-0.25, -0.2) is 0 Å². The third kappa shape index (κ3) is 10.3. The largest absolute Gasteiger partial charge is 0.385 e. The Balaban J connectivity index is 4.07. The van der Waals surface area contributed by atoms with E-state index in [9.17, 15) is 0 Å². The molecule has 1 unspecified atom stereocenters. The normalized spacial score (nSPS) is 13.1. The van der Waals surface area contributed by atoms with Gasteiger partial charge in [0.05, 0.1) is 6.61 Å². The number of unbranched alkanes of at least 4 members (excludes halogenated alkanes) is 3. The molecule has 0 aromatic rings. The first-order chi connectivity index (χ1) is 9.29. The topological polar surface area (TPSA) is 47.7 Å². The lowest BCUT2D eigenvalue weighted by molar-refractivity contribution is 0.104. The first-order valence-electron chi connectivity index (χ1n) is 7.72. The van der Waals surface area contributed by atoms with Crippen molar-refractivity contribution in [2.45, 2.75) is 51.5 Å². The standard InChI is InChI=1S/C15H34N2O2/c1-4-5-6-7-9-15(14-16)17(11-13-19-3)10-8-12-18-2/h15H,4-14,16H2,1-3H3. The first-order valence-corrected chi connectivity index (χ1v) is 7.72. The molecule has 0 rings (SSSR count). The first kappa shape index (κ1) is 18.8. The summed E-state index contributed by atoms with van der Waals surface area (Å²) in [6.07, 6.45) is 7.49. The Morgan fingerprint density at radius 1 is 0.947 bits per heavy atom. The maximum atomic E-state index is 5.95. The zero-order chi connectivity index (χ0) is 14.3. The van der Waals surface area contributed by atoms with Gasteiger partial charge in [-0.05, 0) is 12.8 Å². The second-order valence-electron chi connectivity index (χ2n) is 5.11. The molecule has 0 fully saturated rings. The number of methoxy groups -OCH3 is 2. The van der Waals surface area contributed by atoms with Crippen molar-refractivity contribution in [2.24, 2.45) is 5.73 Å². The minimum atomic E-state index is 0.490. The Bertz CT molecular complexity index is 180. The Kier molecular flexibility index (Phi) is 14.1. The van der Waals surface area contributed by atoms with Gasteiger partial charge in [0.2, 0.25) is 0 Å². The van der Waals surface area contributed by atoms with E-state index in [0.717, 1.165) is 39.3 Å². The van der Waals surface area contributed by atoms with Gasteiger partial charge in [-0.3, -0.25) is 4.90 Å². The minimum Gasteiger partial charge on any atom is -0.385 e. The summed E-state index contributed by atoms with van der Waals surface area (Å²) in [4.78, 5) is 2.47. The summed E-state index contributed by atoms with van der Waals surface area (Å²) < 4.78 is 10.3.